The van der Waals surface area contributed by atoms with Gasteiger partial charge in [-0.05, 0) is 32.9 Å². The number of halogens is 3. The minimum absolute atomic E-state index is 0.0391. The van der Waals surface area contributed by atoms with Crippen LogP contribution in [0.4, 0.5) is 8.78 Å². The van der Waals surface area contributed by atoms with Gasteiger partial charge in [0.1, 0.15) is 16.1 Å². The Balaban J connectivity index is 2.48. The van der Waals surface area contributed by atoms with Crippen LogP contribution in [0.1, 0.15) is 44.7 Å². The smallest absolute Gasteiger partial charge is 0.274 e. The highest BCUT2D eigenvalue weighted by atomic mass is 79.9. The van der Waals surface area contributed by atoms with Crippen molar-refractivity contribution in [3.63, 3.8) is 0 Å². The van der Waals surface area contributed by atoms with E-state index in [0.29, 0.717) is 15.7 Å². The summed E-state index contributed by atoms with van der Waals surface area (Å²) in [6, 6.07) is 4.74. The highest BCUT2D eigenvalue weighted by Crippen LogP contribution is 2.41. The SMILES string of the molecule is CC(C)(C)[S+]([O-])/N=C1\CCC(F)(F)c2cc(Br)ccc21. The summed E-state index contributed by atoms with van der Waals surface area (Å²) in [5.41, 5.74) is 0.872. The first-order chi connectivity index (χ1) is 9.11. The summed E-state index contributed by atoms with van der Waals surface area (Å²) in [5, 5.41) is 0. The maximum absolute atomic E-state index is 14.0. The Hall–Kier alpha value is -0.460. The van der Waals surface area contributed by atoms with Gasteiger partial charge in [-0.2, -0.15) is 0 Å². The normalized spacial score (nSPS) is 21.6. The molecule has 0 spiro atoms. The summed E-state index contributed by atoms with van der Waals surface area (Å²) < 4.78 is 44.3. The Morgan fingerprint density at radius 2 is 2.00 bits per heavy atom. The van der Waals surface area contributed by atoms with Crippen molar-refractivity contribution in [3.05, 3.63) is 33.8 Å². The number of rotatable bonds is 1. The van der Waals surface area contributed by atoms with E-state index in [1.807, 2.05) is 20.8 Å². The van der Waals surface area contributed by atoms with E-state index in [-0.39, 0.29) is 18.4 Å². The predicted molar refractivity (Wildman–Crippen MR) is 81.7 cm³/mol. The second-order valence-corrected chi connectivity index (χ2v) is 8.62. The molecule has 0 fully saturated rings. The number of hydrogen-bond donors (Lipinski definition) is 0. The van der Waals surface area contributed by atoms with Crippen molar-refractivity contribution >= 4 is 33.0 Å². The molecule has 1 aromatic rings. The second kappa shape index (κ2) is 5.39. The molecule has 2 rings (SSSR count). The number of fused-ring (bicyclic) bond motifs is 1. The van der Waals surface area contributed by atoms with Crippen molar-refractivity contribution in [1.29, 1.82) is 0 Å². The molecule has 2 nitrogen and oxygen atoms in total. The number of hydrogen-bond acceptors (Lipinski definition) is 2. The molecule has 0 aliphatic heterocycles. The van der Waals surface area contributed by atoms with Gasteiger partial charge in [-0.25, -0.2) is 8.78 Å². The Bertz CT molecular complexity index is 555. The lowest BCUT2D eigenvalue weighted by Crippen LogP contribution is -2.30. The van der Waals surface area contributed by atoms with Crippen LogP contribution in [0.2, 0.25) is 0 Å². The summed E-state index contributed by atoms with van der Waals surface area (Å²) in [6.07, 6.45) is -0.153. The fourth-order valence-corrected chi connectivity index (χ4v) is 2.97. The van der Waals surface area contributed by atoms with Crippen molar-refractivity contribution in [2.24, 2.45) is 4.40 Å². The molecular formula is C14H16BrF2NOS. The first-order valence-corrected chi connectivity index (χ1v) is 8.19. The van der Waals surface area contributed by atoms with Gasteiger partial charge in [-0.1, -0.05) is 26.4 Å². The van der Waals surface area contributed by atoms with Gasteiger partial charge >= 0.3 is 0 Å². The fourth-order valence-electron chi connectivity index (χ4n) is 1.95. The van der Waals surface area contributed by atoms with Crippen molar-refractivity contribution in [3.8, 4) is 0 Å². The summed E-state index contributed by atoms with van der Waals surface area (Å²) in [6.45, 7) is 5.44. The van der Waals surface area contributed by atoms with Crippen LogP contribution in [-0.4, -0.2) is 15.0 Å². The molecule has 6 heteroatoms. The molecule has 0 saturated heterocycles. The Morgan fingerprint density at radius 1 is 1.35 bits per heavy atom. The van der Waals surface area contributed by atoms with Crippen LogP contribution in [0.3, 0.4) is 0 Å². The molecule has 0 bridgehead atoms. The molecular weight excluding hydrogens is 348 g/mol. The third kappa shape index (κ3) is 3.23. The van der Waals surface area contributed by atoms with Crippen LogP contribution in [0, 0.1) is 0 Å². The molecule has 0 saturated carbocycles. The lowest BCUT2D eigenvalue weighted by molar-refractivity contribution is -0.0139. The lowest BCUT2D eigenvalue weighted by Gasteiger charge is -2.27. The highest BCUT2D eigenvalue weighted by Gasteiger charge is 2.40. The van der Waals surface area contributed by atoms with Crippen LogP contribution in [0.15, 0.2) is 27.1 Å². The average Bonchev–Trinajstić information content (AvgIpc) is 2.32. The zero-order valence-electron chi connectivity index (χ0n) is 11.5. The quantitative estimate of drug-likeness (QED) is 0.672. The van der Waals surface area contributed by atoms with E-state index < -0.39 is 22.0 Å². The van der Waals surface area contributed by atoms with E-state index in [9.17, 15) is 13.3 Å². The third-order valence-corrected chi connectivity index (χ3v) is 5.01. The predicted octanol–water partition coefficient (Wildman–Crippen LogP) is 4.59. The van der Waals surface area contributed by atoms with Gasteiger partial charge in [0.15, 0.2) is 0 Å². The minimum atomic E-state index is -2.86. The summed E-state index contributed by atoms with van der Waals surface area (Å²) in [7, 11) is 0. The maximum Gasteiger partial charge on any atom is 0.274 e. The summed E-state index contributed by atoms with van der Waals surface area (Å²) in [5.74, 6) is -2.86. The van der Waals surface area contributed by atoms with E-state index in [2.05, 4.69) is 20.3 Å². The van der Waals surface area contributed by atoms with Gasteiger partial charge in [-0.15, -0.1) is 0 Å². The van der Waals surface area contributed by atoms with Crippen LogP contribution in [-0.2, 0) is 17.3 Å². The van der Waals surface area contributed by atoms with Crippen molar-refractivity contribution in [1.82, 2.24) is 0 Å². The van der Waals surface area contributed by atoms with Crippen molar-refractivity contribution < 1.29 is 13.3 Å². The molecule has 1 aliphatic rings. The van der Waals surface area contributed by atoms with E-state index in [1.165, 1.54) is 6.07 Å². The molecule has 0 aromatic heterocycles. The molecule has 110 valence electrons. The monoisotopic (exact) mass is 363 g/mol. The van der Waals surface area contributed by atoms with Gasteiger partial charge in [0.05, 0.1) is 5.71 Å². The molecule has 0 radical (unpaired) electrons. The molecule has 1 aromatic carbocycles. The molecule has 1 atom stereocenters. The van der Waals surface area contributed by atoms with E-state index in [0.717, 1.165) is 0 Å². The molecule has 20 heavy (non-hydrogen) atoms. The zero-order valence-corrected chi connectivity index (χ0v) is 13.9. The lowest BCUT2D eigenvalue weighted by atomic mass is 9.87. The summed E-state index contributed by atoms with van der Waals surface area (Å²) in [4.78, 5) is 0. The van der Waals surface area contributed by atoms with Crippen LogP contribution in [0.25, 0.3) is 0 Å². The number of alkyl halides is 2. The first-order valence-electron chi connectivity index (χ1n) is 6.29. The topological polar surface area (TPSA) is 35.4 Å². The van der Waals surface area contributed by atoms with E-state index >= 15 is 0 Å². The Kier molecular flexibility index (Phi) is 4.29. The summed E-state index contributed by atoms with van der Waals surface area (Å²) >= 11 is 1.77. The zero-order chi connectivity index (χ0) is 15.1. The second-order valence-electron chi connectivity index (χ2n) is 5.79. The Morgan fingerprint density at radius 3 is 2.60 bits per heavy atom. The van der Waals surface area contributed by atoms with Crippen molar-refractivity contribution in [2.75, 3.05) is 0 Å². The fraction of sp³-hybridized carbons (Fsp3) is 0.500. The van der Waals surface area contributed by atoms with E-state index in [1.54, 1.807) is 12.1 Å². The van der Waals surface area contributed by atoms with E-state index in [4.69, 9.17) is 0 Å². The molecule has 0 N–H and O–H groups in total. The molecule has 1 unspecified atom stereocenters. The molecule has 1 aliphatic carbocycles. The average molecular weight is 364 g/mol. The van der Waals surface area contributed by atoms with Gasteiger partial charge in [-0.3, -0.25) is 0 Å². The van der Waals surface area contributed by atoms with Crippen molar-refractivity contribution in [2.45, 2.75) is 44.3 Å². The van der Waals surface area contributed by atoms with Gasteiger partial charge < -0.3 is 4.55 Å². The standard InChI is InChI=1S/C14H16BrF2NOS/c1-13(2,3)20(19)18-12-6-7-14(16,17)11-8-9(15)4-5-10(11)12/h4-5,8H,6-7H2,1-3H3/b18-12+. The van der Waals surface area contributed by atoms with Crippen LogP contribution in [0.5, 0.6) is 0 Å². The van der Waals surface area contributed by atoms with Gasteiger partial charge in [0.25, 0.3) is 5.92 Å². The number of nitrogens with zero attached hydrogens (tertiary/aromatic N) is 1. The van der Waals surface area contributed by atoms with Crippen LogP contribution >= 0.6 is 15.9 Å². The third-order valence-electron chi connectivity index (χ3n) is 3.08. The molecule has 0 heterocycles. The first kappa shape index (κ1) is 15.9. The Labute approximate surface area is 129 Å². The van der Waals surface area contributed by atoms with Gasteiger partial charge in [0.2, 0.25) is 0 Å². The molecule has 0 amide bonds. The van der Waals surface area contributed by atoms with Crippen LogP contribution < -0.4 is 0 Å². The van der Waals surface area contributed by atoms with Gasteiger partial charge in [0, 0.05) is 28.4 Å². The number of benzene rings is 1. The largest absolute Gasteiger partial charge is 0.591 e. The highest BCUT2D eigenvalue weighted by molar-refractivity contribution is 9.10. The maximum atomic E-state index is 14.0. The minimum Gasteiger partial charge on any atom is -0.591 e.